The molecule has 1 atom stereocenters. The highest BCUT2D eigenvalue weighted by atomic mass is 16.5. The van der Waals surface area contributed by atoms with Gasteiger partial charge < -0.3 is 14.3 Å². The van der Waals surface area contributed by atoms with Gasteiger partial charge in [0.25, 0.3) is 0 Å². The van der Waals surface area contributed by atoms with Gasteiger partial charge in [-0.15, -0.1) is 0 Å². The largest absolute Gasteiger partial charge is 0.385 e. The van der Waals surface area contributed by atoms with Crippen molar-refractivity contribution in [1.82, 2.24) is 0 Å². The number of likely N-dealkylation sites (N-methyl/N-ethyl adjacent to an activating group) is 1. The Balaban J connectivity index is 3.19. The van der Waals surface area contributed by atoms with Gasteiger partial charge in [-0.25, -0.2) is 0 Å². The lowest BCUT2D eigenvalue weighted by Gasteiger charge is -2.26. The highest BCUT2D eigenvalue weighted by molar-refractivity contribution is 4.81. The number of ether oxygens (including phenoxy) is 1. The van der Waals surface area contributed by atoms with Crippen LogP contribution in [0.4, 0.5) is 0 Å². The molecule has 0 aliphatic rings. The van der Waals surface area contributed by atoms with Gasteiger partial charge in [0, 0.05) is 6.61 Å². The van der Waals surface area contributed by atoms with E-state index in [-0.39, 0.29) is 6.10 Å². The SMILES string of the molecule is CCCCCCCC/C=C\CCCCCCCCOCC(O)C[N+](C)(C)C. The first-order chi connectivity index (χ1) is 13.0. The van der Waals surface area contributed by atoms with Crippen molar-refractivity contribution in [3.63, 3.8) is 0 Å². The van der Waals surface area contributed by atoms with Crippen LogP contribution in [0.1, 0.15) is 96.8 Å². The van der Waals surface area contributed by atoms with E-state index in [0.717, 1.165) is 24.1 Å². The van der Waals surface area contributed by atoms with Crippen LogP contribution in [0.3, 0.4) is 0 Å². The van der Waals surface area contributed by atoms with Gasteiger partial charge in [-0.3, -0.25) is 0 Å². The summed E-state index contributed by atoms with van der Waals surface area (Å²) < 4.78 is 6.37. The van der Waals surface area contributed by atoms with Gasteiger partial charge in [0.1, 0.15) is 12.6 Å². The molecule has 0 saturated heterocycles. The summed E-state index contributed by atoms with van der Waals surface area (Å²) in [6, 6.07) is 0. The lowest BCUT2D eigenvalue weighted by Crippen LogP contribution is -2.43. The van der Waals surface area contributed by atoms with E-state index in [1.54, 1.807) is 0 Å². The second-order valence-electron chi connectivity index (χ2n) is 9.14. The lowest BCUT2D eigenvalue weighted by atomic mass is 10.1. The van der Waals surface area contributed by atoms with Gasteiger partial charge >= 0.3 is 0 Å². The number of nitrogens with zero attached hydrogens (tertiary/aromatic N) is 1. The number of quaternary nitrogens is 1. The second-order valence-corrected chi connectivity index (χ2v) is 9.14. The Bertz CT molecular complexity index is 323. The van der Waals surface area contributed by atoms with E-state index >= 15 is 0 Å². The van der Waals surface area contributed by atoms with Gasteiger partial charge in [0.2, 0.25) is 0 Å². The minimum atomic E-state index is -0.348. The van der Waals surface area contributed by atoms with E-state index < -0.39 is 0 Å². The van der Waals surface area contributed by atoms with Crippen LogP contribution in [0.25, 0.3) is 0 Å². The molecule has 0 aromatic rings. The van der Waals surface area contributed by atoms with Gasteiger partial charge in [-0.2, -0.15) is 0 Å². The lowest BCUT2D eigenvalue weighted by molar-refractivity contribution is -0.873. The Morgan fingerprint density at radius 3 is 1.74 bits per heavy atom. The molecule has 0 aromatic carbocycles. The third-order valence-corrected chi connectivity index (χ3v) is 4.87. The first-order valence-corrected chi connectivity index (χ1v) is 11.7. The fourth-order valence-corrected chi connectivity index (χ4v) is 3.36. The number of unbranched alkanes of at least 4 members (excludes halogenated alkanes) is 12. The van der Waals surface area contributed by atoms with Crippen LogP contribution in [0, 0.1) is 0 Å². The van der Waals surface area contributed by atoms with Crippen molar-refractivity contribution in [3.05, 3.63) is 12.2 Å². The third kappa shape index (κ3) is 23.6. The highest BCUT2D eigenvalue weighted by Crippen LogP contribution is 2.10. The van der Waals surface area contributed by atoms with E-state index in [4.69, 9.17) is 4.74 Å². The molecule has 0 bridgehead atoms. The second kappa shape index (κ2) is 19.0. The Morgan fingerprint density at radius 1 is 0.741 bits per heavy atom. The quantitative estimate of drug-likeness (QED) is 0.156. The molecule has 1 N–H and O–H groups in total. The number of aliphatic hydroxyl groups excluding tert-OH is 1. The number of hydrogen-bond donors (Lipinski definition) is 1. The summed E-state index contributed by atoms with van der Waals surface area (Å²) in [5, 5.41) is 9.87. The van der Waals surface area contributed by atoms with E-state index in [1.807, 2.05) is 0 Å². The van der Waals surface area contributed by atoms with Crippen molar-refractivity contribution in [2.75, 3.05) is 40.9 Å². The van der Waals surface area contributed by atoms with Crippen LogP contribution in [-0.2, 0) is 4.74 Å². The predicted molar refractivity (Wildman–Crippen MR) is 119 cm³/mol. The molecule has 0 saturated carbocycles. The first kappa shape index (κ1) is 26.6. The molecule has 0 rings (SSSR count). The normalized spacial score (nSPS) is 13.5. The van der Waals surface area contributed by atoms with E-state index in [1.165, 1.54) is 83.5 Å². The van der Waals surface area contributed by atoms with Crippen LogP contribution in [0.2, 0.25) is 0 Å². The molecule has 0 spiro atoms. The summed E-state index contributed by atoms with van der Waals surface area (Å²) in [6.45, 7) is 4.28. The van der Waals surface area contributed by atoms with Crippen molar-refractivity contribution in [2.24, 2.45) is 0 Å². The van der Waals surface area contributed by atoms with Crippen molar-refractivity contribution in [2.45, 2.75) is 103 Å². The van der Waals surface area contributed by atoms with Crippen molar-refractivity contribution >= 4 is 0 Å². The Hall–Kier alpha value is -0.380. The molecule has 0 radical (unpaired) electrons. The molecule has 0 heterocycles. The molecule has 0 aliphatic carbocycles. The predicted octanol–water partition coefficient (Wildman–Crippen LogP) is 6.11. The Morgan fingerprint density at radius 2 is 1.22 bits per heavy atom. The van der Waals surface area contributed by atoms with Crippen molar-refractivity contribution < 1.29 is 14.3 Å². The number of hydrogen-bond acceptors (Lipinski definition) is 2. The molecular weight excluding hydrogens is 334 g/mol. The van der Waals surface area contributed by atoms with Crippen LogP contribution < -0.4 is 0 Å². The average molecular weight is 385 g/mol. The summed E-state index contributed by atoms with van der Waals surface area (Å²) in [5.41, 5.74) is 0. The smallest absolute Gasteiger partial charge is 0.126 e. The molecule has 27 heavy (non-hydrogen) atoms. The third-order valence-electron chi connectivity index (χ3n) is 4.87. The highest BCUT2D eigenvalue weighted by Gasteiger charge is 2.15. The summed E-state index contributed by atoms with van der Waals surface area (Å²) in [7, 11) is 6.28. The van der Waals surface area contributed by atoms with E-state index in [0.29, 0.717) is 6.61 Å². The van der Waals surface area contributed by atoms with Gasteiger partial charge in [0.05, 0.1) is 27.7 Å². The van der Waals surface area contributed by atoms with E-state index in [2.05, 4.69) is 40.2 Å². The standard InChI is InChI=1S/C24H50NO2/c1-5-6-7-8-9-10-11-12-13-14-15-16-17-18-19-20-21-27-23-24(26)22-25(2,3)4/h12-13,24,26H,5-11,14-23H2,1-4H3/q+1/b13-12-. The zero-order valence-corrected chi connectivity index (χ0v) is 19.1. The number of rotatable bonds is 20. The molecule has 162 valence electrons. The fraction of sp³-hybridized carbons (Fsp3) is 0.917. The van der Waals surface area contributed by atoms with Crippen LogP contribution >= 0.6 is 0 Å². The van der Waals surface area contributed by atoms with Crippen LogP contribution in [0.15, 0.2) is 12.2 Å². The molecule has 0 aliphatic heterocycles. The maximum Gasteiger partial charge on any atom is 0.126 e. The molecule has 0 amide bonds. The zero-order chi connectivity index (χ0) is 20.2. The number of allylic oxidation sites excluding steroid dienone is 2. The summed E-state index contributed by atoms with van der Waals surface area (Å²) in [5.74, 6) is 0. The molecule has 0 fully saturated rings. The molecule has 3 nitrogen and oxygen atoms in total. The minimum Gasteiger partial charge on any atom is -0.385 e. The van der Waals surface area contributed by atoms with Crippen LogP contribution in [-0.4, -0.2) is 56.6 Å². The summed E-state index contributed by atoms with van der Waals surface area (Å²) in [4.78, 5) is 0. The maximum atomic E-state index is 9.87. The Kier molecular flexibility index (Phi) is 18.7. The average Bonchev–Trinajstić information content (AvgIpc) is 2.59. The zero-order valence-electron chi connectivity index (χ0n) is 19.1. The Labute approximate surface area is 170 Å². The van der Waals surface area contributed by atoms with E-state index in [9.17, 15) is 5.11 Å². The maximum absolute atomic E-state index is 9.87. The number of aliphatic hydroxyl groups is 1. The van der Waals surface area contributed by atoms with Gasteiger partial charge in [0.15, 0.2) is 0 Å². The summed E-state index contributed by atoms with van der Waals surface area (Å²) in [6.07, 6.45) is 23.0. The van der Waals surface area contributed by atoms with Gasteiger partial charge in [-0.1, -0.05) is 76.9 Å². The van der Waals surface area contributed by atoms with Gasteiger partial charge in [-0.05, 0) is 32.1 Å². The summed E-state index contributed by atoms with van der Waals surface area (Å²) >= 11 is 0. The van der Waals surface area contributed by atoms with Crippen molar-refractivity contribution in [3.8, 4) is 0 Å². The van der Waals surface area contributed by atoms with Crippen LogP contribution in [0.5, 0.6) is 0 Å². The van der Waals surface area contributed by atoms with Crippen molar-refractivity contribution in [1.29, 1.82) is 0 Å². The fourth-order valence-electron chi connectivity index (χ4n) is 3.36. The topological polar surface area (TPSA) is 29.5 Å². The molecule has 3 heteroatoms. The molecular formula is C24H50NO2+. The molecule has 1 unspecified atom stereocenters. The first-order valence-electron chi connectivity index (χ1n) is 11.7. The molecule has 0 aromatic heterocycles. The minimum absolute atomic E-state index is 0.348. The monoisotopic (exact) mass is 384 g/mol.